The van der Waals surface area contributed by atoms with Crippen LogP contribution in [0, 0.1) is 13.8 Å². The average molecular weight is 310 g/mol. The minimum absolute atomic E-state index is 0.196. The van der Waals surface area contributed by atoms with E-state index in [0.29, 0.717) is 17.8 Å². The Morgan fingerprint density at radius 3 is 2.91 bits per heavy atom. The number of aryl methyl sites for hydroxylation is 2. The summed E-state index contributed by atoms with van der Waals surface area (Å²) >= 11 is 0. The predicted octanol–water partition coefficient (Wildman–Crippen LogP) is 2.28. The Morgan fingerprint density at radius 1 is 1.30 bits per heavy atom. The molecule has 1 aromatic carbocycles. The fraction of sp³-hybridized carbons (Fsp3) is 0.235. The van der Waals surface area contributed by atoms with Crippen LogP contribution in [0.1, 0.15) is 27.2 Å². The number of methoxy groups -OCH3 is 1. The molecule has 3 aromatic rings. The summed E-state index contributed by atoms with van der Waals surface area (Å²) in [4.78, 5) is 16.8. The van der Waals surface area contributed by atoms with E-state index in [-0.39, 0.29) is 5.91 Å². The van der Waals surface area contributed by atoms with Crippen LogP contribution in [0.3, 0.4) is 0 Å². The van der Waals surface area contributed by atoms with Crippen LogP contribution in [0.4, 0.5) is 0 Å². The molecule has 0 spiro atoms. The van der Waals surface area contributed by atoms with E-state index in [4.69, 9.17) is 4.74 Å². The first-order valence-electron chi connectivity index (χ1n) is 7.30. The molecule has 2 aromatic heterocycles. The third-order valence-corrected chi connectivity index (χ3v) is 3.55. The first-order valence-corrected chi connectivity index (χ1v) is 7.30. The highest BCUT2D eigenvalue weighted by Gasteiger charge is 2.14. The molecule has 0 bridgehead atoms. The van der Waals surface area contributed by atoms with E-state index in [1.54, 1.807) is 17.8 Å². The van der Waals surface area contributed by atoms with Crippen molar-refractivity contribution < 1.29 is 9.53 Å². The second kappa shape index (κ2) is 6.08. The Morgan fingerprint density at radius 2 is 2.13 bits per heavy atom. The van der Waals surface area contributed by atoms with Gasteiger partial charge in [0.15, 0.2) is 5.65 Å². The van der Waals surface area contributed by atoms with Crippen LogP contribution >= 0.6 is 0 Å². The maximum Gasteiger partial charge on any atom is 0.257 e. The van der Waals surface area contributed by atoms with Gasteiger partial charge in [-0.15, -0.1) is 0 Å². The van der Waals surface area contributed by atoms with Gasteiger partial charge in [0, 0.05) is 18.4 Å². The normalized spacial score (nSPS) is 10.7. The molecule has 0 aliphatic carbocycles. The fourth-order valence-corrected chi connectivity index (χ4v) is 2.44. The second-order valence-electron chi connectivity index (χ2n) is 5.44. The van der Waals surface area contributed by atoms with Crippen molar-refractivity contribution in [1.82, 2.24) is 19.9 Å². The predicted molar refractivity (Wildman–Crippen MR) is 86.6 cm³/mol. The number of amides is 1. The van der Waals surface area contributed by atoms with E-state index in [2.05, 4.69) is 15.4 Å². The van der Waals surface area contributed by atoms with Crippen molar-refractivity contribution in [2.75, 3.05) is 7.11 Å². The van der Waals surface area contributed by atoms with Crippen molar-refractivity contribution in [3.05, 3.63) is 59.0 Å². The number of rotatable bonds is 4. The second-order valence-corrected chi connectivity index (χ2v) is 5.44. The molecule has 0 aliphatic rings. The third kappa shape index (κ3) is 3.15. The van der Waals surface area contributed by atoms with E-state index in [1.807, 2.05) is 38.1 Å². The first kappa shape index (κ1) is 15.0. The van der Waals surface area contributed by atoms with Gasteiger partial charge in [0.25, 0.3) is 5.91 Å². The van der Waals surface area contributed by atoms with Gasteiger partial charge in [-0.25, -0.2) is 9.50 Å². The Labute approximate surface area is 134 Å². The van der Waals surface area contributed by atoms with Crippen LogP contribution in [-0.4, -0.2) is 27.6 Å². The van der Waals surface area contributed by atoms with E-state index in [1.165, 1.54) is 6.20 Å². The van der Waals surface area contributed by atoms with Crippen molar-refractivity contribution in [3.63, 3.8) is 0 Å². The molecular formula is C17H18N4O2. The lowest BCUT2D eigenvalue weighted by molar-refractivity contribution is 0.0952. The highest BCUT2D eigenvalue weighted by atomic mass is 16.5. The summed E-state index contributed by atoms with van der Waals surface area (Å²) in [7, 11) is 1.63. The van der Waals surface area contributed by atoms with Crippen LogP contribution in [0.5, 0.6) is 5.75 Å². The summed E-state index contributed by atoms with van der Waals surface area (Å²) in [6.45, 7) is 4.29. The average Bonchev–Trinajstić information content (AvgIpc) is 2.95. The molecule has 0 atom stereocenters. The number of carbonyl (C=O) groups is 1. The van der Waals surface area contributed by atoms with Gasteiger partial charge < -0.3 is 10.1 Å². The van der Waals surface area contributed by atoms with Crippen molar-refractivity contribution in [3.8, 4) is 5.75 Å². The molecule has 0 saturated carbocycles. The summed E-state index contributed by atoms with van der Waals surface area (Å²) in [5.41, 5.74) is 3.94. The topological polar surface area (TPSA) is 68.5 Å². The summed E-state index contributed by atoms with van der Waals surface area (Å²) in [6.07, 6.45) is 3.33. The van der Waals surface area contributed by atoms with Crippen molar-refractivity contribution in [2.45, 2.75) is 20.4 Å². The zero-order valence-electron chi connectivity index (χ0n) is 13.3. The summed E-state index contributed by atoms with van der Waals surface area (Å²) < 4.78 is 6.84. The number of aromatic nitrogens is 3. The van der Waals surface area contributed by atoms with Gasteiger partial charge in [-0.1, -0.05) is 6.07 Å². The molecule has 0 radical (unpaired) electrons. The third-order valence-electron chi connectivity index (χ3n) is 3.55. The molecular weight excluding hydrogens is 292 g/mol. The Balaban J connectivity index is 1.79. The molecule has 6 nitrogen and oxygen atoms in total. The Hall–Kier alpha value is -2.89. The lowest BCUT2D eigenvalue weighted by Gasteiger charge is -2.08. The number of carbonyl (C=O) groups excluding carboxylic acids is 1. The standard InChI is InChI=1S/C17H18N4O2/c1-11-6-13(8-14(7-11)23-3)9-18-17(22)15-10-19-21-5-4-12(2)20-16(15)21/h4-8,10H,9H2,1-3H3,(H,18,22). The molecule has 1 N–H and O–H groups in total. The van der Waals surface area contributed by atoms with E-state index in [0.717, 1.165) is 22.6 Å². The summed E-state index contributed by atoms with van der Waals surface area (Å²) in [5.74, 6) is 0.584. The highest BCUT2D eigenvalue weighted by Crippen LogP contribution is 2.16. The number of nitrogens with zero attached hydrogens (tertiary/aromatic N) is 3. The number of fused-ring (bicyclic) bond motifs is 1. The molecule has 0 aliphatic heterocycles. The molecule has 0 fully saturated rings. The molecule has 0 saturated heterocycles. The zero-order chi connectivity index (χ0) is 16.4. The first-order chi connectivity index (χ1) is 11.1. The number of nitrogens with one attached hydrogen (secondary N) is 1. The van der Waals surface area contributed by atoms with Crippen molar-refractivity contribution in [1.29, 1.82) is 0 Å². The van der Waals surface area contributed by atoms with Crippen molar-refractivity contribution >= 4 is 11.6 Å². The Kier molecular flexibility index (Phi) is 3.97. The highest BCUT2D eigenvalue weighted by molar-refractivity contribution is 5.99. The SMILES string of the molecule is COc1cc(C)cc(CNC(=O)c2cnn3ccc(C)nc23)c1. The number of ether oxygens (including phenoxy) is 1. The molecule has 3 rings (SSSR count). The maximum atomic E-state index is 12.4. The monoisotopic (exact) mass is 310 g/mol. The smallest absolute Gasteiger partial charge is 0.257 e. The van der Waals surface area contributed by atoms with Gasteiger partial charge in [-0.3, -0.25) is 4.79 Å². The lowest BCUT2D eigenvalue weighted by Crippen LogP contribution is -2.23. The van der Waals surface area contributed by atoms with Gasteiger partial charge >= 0.3 is 0 Å². The number of hydrogen-bond donors (Lipinski definition) is 1. The van der Waals surface area contributed by atoms with E-state index < -0.39 is 0 Å². The van der Waals surface area contributed by atoms with Gasteiger partial charge in [0.05, 0.1) is 13.3 Å². The molecule has 0 unspecified atom stereocenters. The van der Waals surface area contributed by atoms with Crippen LogP contribution in [0.15, 0.2) is 36.7 Å². The van der Waals surface area contributed by atoms with Crippen LogP contribution in [0.2, 0.25) is 0 Å². The van der Waals surface area contributed by atoms with Gasteiger partial charge in [0.1, 0.15) is 11.3 Å². The fourth-order valence-electron chi connectivity index (χ4n) is 2.44. The largest absolute Gasteiger partial charge is 0.497 e. The summed E-state index contributed by atoms with van der Waals surface area (Å²) in [5, 5.41) is 7.05. The lowest BCUT2D eigenvalue weighted by atomic mass is 10.1. The molecule has 118 valence electrons. The minimum Gasteiger partial charge on any atom is -0.497 e. The Bertz CT molecular complexity index is 870. The van der Waals surface area contributed by atoms with Crippen LogP contribution in [-0.2, 0) is 6.54 Å². The van der Waals surface area contributed by atoms with Crippen LogP contribution < -0.4 is 10.1 Å². The van der Waals surface area contributed by atoms with E-state index >= 15 is 0 Å². The van der Waals surface area contributed by atoms with Crippen LogP contribution in [0.25, 0.3) is 5.65 Å². The number of hydrogen-bond acceptors (Lipinski definition) is 4. The molecule has 6 heteroatoms. The van der Waals surface area contributed by atoms with Gasteiger partial charge in [0.2, 0.25) is 0 Å². The van der Waals surface area contributed by atoms with Gasteiger partial charge in [-0.05, 0) is 43.2 Å². The molecule has 23 heavy (non-hydrogen) atoms. The van der Waals surface area contributed by atoms with E-state index in [9.17, 15) is 4.79 Å². The maximum absolute atomic E-state index is 12.4. The zero-order valence-corrected chi connectivity index (χ0v) is 13.3. The van der Waals surface area contributed by atoms with Crippen molar-refractivity contribution in [2.24, 2.45) is 0 Å². The minimum atomic E-state index is -0.196. The molecule has 2 heterocycles. The quantitative estimate of drug-likeness (QED) is 0.803. The summed E-state index contributed by atoms with van der Waals surface area (Å²) in [6, 6.07) is 7.72. The number of benzene rings is 1. The van der Waals surface area contributed by atoms with Gasteiger partial charge in [-0.2, -0.15) is 5.10 Å². The molecule has 1 amide bonds.